The summed E-state index contributed by atoms with van der Waals surface area (Å²) in [6.45, 7) is 4.48. The molecule has 0 saturated carbocycles. The number of nitrogens with zero attached hydrogens (tertiary/aromatic N) is 2. The third-order valence-corrected chi connectivity index (χ3v) is 5.05. The minimum atomic E-state index is 0.227. The van der Waals surface area contributed by atoms with E-state index in [1.165, 1.54) is 0 Å². The molecule has 1 aromatic heterocycles. The van der Waals surface area contributed by atoms with Gasteiger partial charge in [0.1, 0.15) is 5.82 Å². The fourth-order valence-electron chi connectivity index (χ4n) is 3.76. The molecule has 1 aliphatic carbocycles. The predicted molar refractivity (Wildman–Crippen MR) is 91.6 cm³/mol. The van der Waals surface area contributed by atoms with Gasteiger partial charge in [0, 0.05) is 17.6 Å². The lowest BCUT2D eigenvalue weighted by Crippen LogP contribution is -2.41. The number of hydrogen-bond acceptors (Lipinski definition) is 6. The Bertz CT molecular complexity index is 504. The molecule has 124 valence electrons. The van der Waals surface area contributed by atoms with Crippen LogP contribution in [0.15, 0.2) is 0 Å². The molecule has 6 heteroatoms. The zero-order valence-corrected chi connectivity index (χ0v) is 14.2. The highest BCUT2D eigenvalue weighted by molar-refractivity contribution is 5.47. The molecule has 2 atom stereocenters. The van der Waals surface area contributed by atoms with E-state index in [0.29, 0.717) is 17.9 Å². The smallest absolute Gasteiger partial charge is 0.222 e. The summed E-state index contributed by atoms with van der Waals surface area (Å²) in [5.41, 5.74) is 14.2. The molecule has 0 amide bonds. The fraction of sp³-hybridized carbons (Fsp3) is 0.750. The molecule has 1 heterocycles. The molecule has 0 aliphatic heterocycles. The topological polar surface area (TPSA) is 102 Å². The zero-order chi connectivity index (χ0) is 16.3. The maximum atomic E-state index is 6.03. The molecule has 0 bridgehead atoms. The number of fused-ring (bicyclic) bond motifs is 1. The average molecular weight is 306 g/mol. The largest absolute Gasteiger partial charge is 0.383 e. The molecule has 6 nitrogen and oxygen atoms in total. The highest BCUT2D eigenvalue weighted by atomic mass is 15.0. The van der Waals surface area contributed by atoms with Crippen LogP contribution in [0.5, 0.6) is 0 Å². The van der Waals surface area contributed by atoms with E-state index in [2.05, 4.69) is 34.4 Å². The maximum absolute atomic E-state index is 6.03. The van der Waals surface area contributed by atoms with Gasteiger partial charge in [-0.2, -0.15) is 4.98 Å². The van der Waals surface area contributed by atoms with Crippen LogP contribution in [0.3, 0.4) is 0 Å². The molecule has 0 fully saturated rings. The Balaban J connectivity index is 2.31. The molecular weight excluding hydrogens is 276 g/mol. The minimum absolute atomic E-state index is 0.227. The SMILES string of the molecule is CNC(C)CC1(CC(C)NC)CCc2c(N)nc(N)nc2C1. The van der Waals surface area contributed by atoms with Crippen LogP contribution < -0.4 is 22.1 Å². The van der Waals surface area contributed by atoms with Crippen LogP contribution in [0.25, 0.3) is 0 Å². The average Bonchev–Trinajstić information content (AvgIpc) is 2.46. The van der Waals surface area contributed by atoms with Gasteiger partial charge in [0.2, 0.25) is 5.95 Å². The molecule has 0 spiro atoms. The number of aromatic nitrogens is 2. The van der Waals surface area contributed by atoms with E-state index < -0.39 is 0 Å². The molecule has 0 saturated heterocycles. The van der Waals surface area contributed by atoms with Crippen LogP contribution in [0.2, 0.25) is 0 Å². The summed E-state index contributed by atoms with van der Waals surface area (Å²) in [6, 6.07) is 0.948. The van der Waals surface area contributed by atoms with Crippen molar-refractivity contribution in [2.75, 3.05) is 25.6 Å². The van der Waals surface area contributed by atoms with Crippen molar-refractivity contribution in [3.63, 3.8) is 0 Å². The van der Waals surface area contributed by atoms with Gasteiger partial charge >= 0.3 is 0 Å². The van der Waals surface area contributed by atoms with E-state index in [-0.39, 0.29) is 11.4 Å². The third-order valence-electron chi connectivity index (χ3n) is 5.05. The van der Waals surface area contributed by atoms with E-state index in [1.54, 1.807) is 0 Å². The highest BCUT2D eigenvalue weighted by Crippen LogP contribution is 2.43. The van der Waals surface area contributed by atoms with Gasteiger partial charge < -0.3 is 22.1 Å². The lowest BCUT2D eigenvalue weighted by molar-refractivity contribution is 0.164. The van der Waals surface area contributed by atoms with Crippen molar-refractivity contribution >= 4 is 11.8 Å². The van der Waals surface area contributed by atoms with Gasteiger partial charge in [0.25, 0.3) is 0 Å². The van der Waals surface area contributed by atoms with Crippen molar-refractivity contribution in [3.05, 3.63) is 11.3 Å². The number of rotatable bonds is 6. The van der Waals surface area contributed by atoms with Gasteiger partial charge in [-0.05, 0) is 65.5 Å². The van der Waals surface area contributed by atoms with Crippen molar-refractivity contribution in [2.24, 2.45) is 5.41 Å². The predicted octanol–water partition coefficient (Wildman–Crippen LogP) is 1.11. The summed E-state index contributed by atoms with van der Waals surface area (Å²) in [5.74, 6) is 0.842. The molecule has 0 aromatic carbocycles. The van der Waals surface area contributed by atoms with Crippen molar-refractivity contribution in [2.45, 2.75) is 58.0 Å². The van der Waals surface area contributed by atoms with Crippen LogP contribution in [0.1, 0.15) is 44.4 Å². The second-order valence-electron chi connectivity index (χ2n) is 6.86. The quantitative estimate of drug-likeness (QED) is 0.628. The maximum Gasteiger partial charge on any atom is 0.222 e. The first kappa shape index (κ1) is 17.0. The first-order chi connectivity index (χ1) is 10.4. The zero-order valence-electron chi connectivity index (χ0n) is 14.2. The van der Waals surface area contributed by atoms with Crippen LogP contribution in [0.4, 0.5) is 11.8 Å². The van der Waals surface area contributed by atoms with E-state index >= 15 is 0 Å². The number of anilines is 2. The first-order valence-electron chi connectivity index (χ1n) is 8.14. The second kappa shape index (κ2) is 6.79. The van der Waals surface area contributed by atoms with Crippen LogP contribution in [-0.2, 0) is 12.8 Å². The summed E-state index contributed by atoms with van der Waals surface area (Å²) in [7, 11) is 4.05. The molecule has 6 N–H and O–H groups in total. The van der Waals surface area contributed by atoms with E-state index in [1.807, 2.05) is 14.1 Å². The minimum Gasteiger partial charge on any atom is -0.383 e. The van der Waals surface area contributed by atoms with E-state index in [0.717, 1.165) is 43.4 Å². The van der Waals surface area contributed by atoms with Gasteiger partial charge in [-0.15, -0.1) is 0 Å². The van der Waals surface area contributed by atoms with Crippen LogP contribution in [0, 0.1) is 5.41 Å². The van der Waals surface area contributed by atoms with Crippen LogP contribution in [-0.4, -0.2) is 36.1 Å². The Labute approximate surface area is 133 Å². The van der Waals surface area contributed by atoms with Gasteiger partial charge in [0.05, 0.1) is 5.69 Å². The summed E-state index contributed by atoms with van der Waals surface area (Å²) in [6.07, 6.45) is 5.23. The number of nitrogen functional groups attached to an aromatic ring is 2. The second-order valence-corrected chi connectivity index (χ2v) is 6.86. The Morgan fingerprint density at radius 2 is 1.68 bits per heavy atom. The van der Waals surface area contributed by atoms with Crippen LogP contribution >= 0.6 is 0 Å². The van der Waals surface area contributed by atoms with Gasteiger partial charge in [-0.25, -0.2) is 4.98 Å². The van der Waals surface area contributed by atoms with Crippen molar-refractivity contribution in [1.29, 1.82) is 0 Å². The summed E-state index contributed by atoms with van der Waals surface area (Å²) < 4.78 is 0. The van der Waals surface area contributed by atoms with Gasteiger partial charge in [-0.3, -0.25) is 0 Å². The molecule has 2 rings (SSSR count). The molecule has 1 aliphatic rings. The molecule has 2 unspecified atom stereocenters. The normalized spacial score (nSPS) is 23.8. The Kier molecular flexibility index (Phi) is 5.24. The number of nitrogens with one attached hydrogen (secondary N) is 2. The third kappa shape index (κ3) is 3.67. The Hall–Kier alpha value is -1.40. The molecule has 22 heavy (non-hydrogen) atoms. The lowest BCUT2D eigenvalue weighted by Gasteiger charge is -2.41. The van der Waals surface area contributed by atoms with Crippen molar-refractivity contribution in [1.82, 2.24) is 20.6 Å². The monoisotopic (exact) mass is 306 g/mol. The summed E-state index contributed by atoms with van der Waals surface area (Å²) in [5, 5.41) is 6.74. The first-order valence-corrected chi connectivity index (χ1v) is 8.14. The molecule has 0 radical (unpaired) electrons. The summed E-state index contributed by atoms with van der Waals surface area (Å²) >= 11 is 0. The van der Waals surface area contributed by atoms with Crippen molar-refractivity contribution < 1.29 is 0 Å². The molecule has 1 aromatic rings. The van der Waals surface area contributed by atoms with Crippen molar-refractivity contribution in [3.8, 4) is 0 Å². The Morgan fingerprint density at radius 1 is 1.09 bits per heavy atom. The summed E-state index contributed by atoms with van der Waals surface area (Å²) in [4.78, 5) is 8.59. The fourth-order valence-corrected chi connectivity index (χ4v) is 3.76. The number of nitrogens with two attached hydrogens (primary N) is 2. The molecular formula is C16H30N6. The highest BCUT2D eigenvalue weighted by Gasteiger charge is 2.38. The Morgan fingerprint density at radius 3 is 2.23 bits per heavy atom. The van der Waals surface area contributed by atoms with Gasteiger partial charge in [0.15, 0.2) is 0 Å². The van der Waals surface area contributed by atoms with Gasteiger partial charge in [-0.1, -0.05) is 0 Å². The lowest BCUT2D eigenvalue weighted by atomic mass is 9.66. The van der Waals surface area contributed by atoms with E-state index in [4.69, 9.17) is 11.5 Å². The number of hydrogen-bond donors (Lipinski definition) is 4. The standard InChI is InChI=1S/C16H30N6/c1-10(19-3)7-16(8-11(2)20-4)6-5-12-13(9-16)21-15(18)22-14(12)17/h10-11,19-20H,5-9H2,1-4H3,(H4,17,18,21,22). The van der Waals surface area contributed by atoms with E-state index in [9.17, 15) is 0 Å².